The highest BCUT2D eigenvalue weighted by Crippen LogP contribution is 2.25. The summed E-state index contributed by atoms with van der Waals surface area (Å²) in [6.45, 7) is 1.62. The van der Waals surface area contributed by atoms with Gasteiger partial charge in [0.1, 0.15) is 0 Å². The van der Waals surface area contributed by atoms with Crippen molar-refractivity contribution in [2.24, 2.45) is 0 Å². The molecule has 2 aromatic heterocycles. The molecule has 182 valence electrons. The lowest BCUT2D eigenvalue weighted by atomic mass is 10.1. The van der Waals surface area contributed by atoms with E-state index in [1.807, 2.05) is 79.0 Å². The number of nitrogens with one attached hydrogen (secondary N) is 2. The van der Waals surface area contributed by atoms with Crippen LogP contribution in [-0.2, 0) is 13.1 Å². The Hall–Kier alpha value is -4.41. The first-order valence-electron chi connectivity index (χ1n) is 12.2. The molecular formula is C32H27ClN4. The number of anilines is 2. The summed E-state index contributed by atoms with van der Waals surface area (Å²) in [7, 11) is 0. The van der Waals surface area contributed by atoms with Gasteiger partial charge in [0.2, 0.25) is 0 Å². The number of nitrogens with zero attached hydrogens (tertiary/aromatic N) is 2. The van der Waals surface area contributed by atoms with Gasteiger partial charge in [-0.1, -0.05) is 90.5 Å². The first kappa shape index (κ1) is 24.3. The van der Waals surface area contributed by atoms with E-state index in [9.17, 15) is 0 Å². The molecule has 6 rings (SSSR count). The second kappa shape index (κ2) is 12.0. The third-order valence-corrected chi connectivity index (χ3v) is 6.24. The first-order chi connectivity index (χ1) is 18.3. The Morgan fingerprint density at radius 1 is 0.514 bits per heavy atom. The number of para-hydroxylation sites is 1. The van der Waals surface area contributed by atoms with Crippen LogP contribution in [0.3, 0.4) is 0 Å². The van der Waals surface area contributed by atoms with Crippen molar-refractivity contribution in [3.05, 3.63) is 144 Å². The molecular weight excluding hydrogens is 476 g/mol. The van der Waals surface area contributed by atoms with Crippen LogP contribution in [0.25, 0.3) is 21.8 Å². The van der Waals surface area contributed by atoms with Crippen LogP contribution in [0.4, 0.5) is 11.4 Å². The lowest BCUT2D eigenvalue weighted by molar-refractivity contribution is 1.15. The summed E-state index contributed by atoms with van der Waals surface area (Å²) < 4.78 is 0. The van der Waals surface area contributed by atoms with Crippen LogP contribution in [0.15, 0.2) is 128 Å². The second-order valence-electron chi connectivity index (χ2n) is 8.57. The number of aromatic nitrogens is 2. The van der Waals surface area contributed by atoms with Crippen molar-refractivity contribution in [3.63, 3.8) is 0 Å². The molecule has 0 radical (unpaired) electrons. The van der Waals surface area contributed by atoms with Gasteiger partial charge in [-0.25, -0.2) is 0 Å². The van der Waals surface area contributed by atoms with Crippen LogP contribution < -0.4 is 10.6 Å². The molecule has 0 aliphatic heterocycles. The molecule has 0 spiro atoms. The van der Waals surface area contributed by atoms with Gasteiger partial charge in [0.25, 0.3) is 0 Å². The topological polar surface area (TPSA) is 49.8 Å². The van der Waals surface area contributed by atoms with Gasteiger partial charge in [0.15, 0.2) is 0 Å². The largest absolute Gasteiger partial charge is 0.380 e. The summed E-state index contributed by atoms with van der Waals surface area (Å²) in [6.07, 6.45) is 3.64. The highest BCUT2D eigenvalue weighted by Gasteiger charge is 2.03. The number of rotatable bonds is 6. The molecule has 0 atom stereocenters. The van der Waals surface area contributed by atoms with Crippen LogP contribution in [0.2, 0.25) is 5.02 Å². The van der Waals surface area contributed by atoms with Crippen molar-refractivity contribution in [2.45, 2.75) is 13.1 Å². The molecule has 4 aromatic carbocycles. The molecule has 5 heteroatoms. The number of halogens is 1. The van der Waals surface area contributed by atoms with Crippen molar-refractivity contribution in [2.75, 3.05) is 10.6 Å². The molecule has 0 amide bonds. The molecule has 2 N–H and O–H groups in total. The number of benzene rings is 4. The summed E-state index contributed by atoms with van der Waals surface area (Å²) >= 11 is 5.98. The Morgan fingerprint density at radius 2 is 1.03 bits per heavy atom. The maximum Gasteiger partial charge on any atom is 0.0737 e. The Labute approximate surface area is 222 Å². The second-order valence-corrected chi connectivity index (χ2v) is 9.01. The Balaban J connectivity index is 0.000000152. The number of pyridine rings is 2. The van der Waals surface area contributed by atoms with Gasteiger partial charge in [0, 0.05) is 52.7 Å². The maximum absolute atomic E-state index is 5.98. The smallest absolute Gasteiger partial charge is 0.0737 e. The van der Waals surface area contributed by atoms with Gasteiger partial charge in [-0.2, -0.15) is 0 Å². The monoisotopic (exact) mass is 502 g/mol. The van der Waals surface area contributed by atoms with Gasteiger partial charge >= 0.3 is 0 Å². The summed E-state index contributed by atoms with van der Waals surface area (Å²) in [5, 5.41) is 9.86. The van der Waals surface area contributed by atoms with Crippen molar-refractivity contribution in [1.29, 1.82) is 0 Å². The van der Waals surface area contributed by atoms with Crippen LogP contribution in [0.1, 0.15) is 11.1 Å². The van der Waals surface area contributed by atoms with E-state index in [1.54, 1.807) is 6.20 Å². The summed E-state index contributed by atoms with van der Waals surface area (Å²) in [5.41, 5.74) is 6.66. The van der Waals surface area contributed by atoms with Crippen LogP contribution >= 0.6 is 11.6 Å². The first-order valence-corrected chi connectivity index (χ1v) is 12.6. The predicted molar refractivity (Wildman–Crippen MR) is 156 cm³/mol. The van der Waals surface area contributed by atoms with E-state index >= 15 is 0 Å². The molecule has 0 unspecified atom stereocenters. The van der Waals surface area contributed by atoms with Gasteiger partial charge < -0.3 is 10.6 Å². The van der Waals surface area contributed by atoms with Gasteiger partial charge in [-0.05, 0) is 47.5 Å². The lowest BCUT2D eigenvalue weighted by Crippen LogP contribution is -2.00. The third-order valence-electron chi connectivity index (χ3n) is 6.01. The zero-order valence-electron chi connectivity index (χ0n) is 20.3. The van der Waals surface area contributed by atoms with E-state index in [-0.39, 0.29) is 0 Å². The number of fused-ring (bicyclic) bond motifs is 2. The van der Waals surface area contributed by atoms with E-state index < -0.39 is 0 Å². The minimum atomic E-state index is 0.709. The van der Waals surface area contributed by atoms with Crippen molar-refractivity contribution in [3.8, 4) is 0 Å². The van der Waals surface area contributed by atoms with E-state index in [4.69, 9.17) is 11.6 Å². The Kier molecular flexibility index (Phi) is 7.89. The maximum atomic E-state index is 5.98. The fourth-order valence-corrected chi connectivity index (χ4v) is 4.28. The Morgan fingerprint density at radius 3 is 1.65 bits per heavy atom. The third kappa shape index (κ3) is 6.43. The molecule has 0 aliphatic rings. The molecule has 0 saturated heterocycles. The van der Waals surface area contributed by atoms with Crippen molar-refractivity contribution < 1.29 is 0 Å². The summed E-state index contributed by atoms with van der Waals surface area (Å²) in [5.74, 6) is 0. The van der Waals surface area contributed by atoms with E-state index in [0.717, 1.165) is 46.3 Å². The minimum Gasteiger partial charge on any atom is -0.380 e. The quantitative estimate of drug-likeness (QED) is 0.240. The van der Waals surface area contributed by atoms with Gasteiger partial charge in [-0.15, -0.1) is 0 Å². The fourth-order valence-electron chi connectivity index (χ4n) is 4.11. The molecule has 0 bridgehead atoms. The standard InChI is InChI=1S/C16H13ClN2.C16H14N2/c17-13-6-7-14-15(8-9-18-16(14)10-13)19-11-12-4-2-1-3-5-12;1-2-6-13(7-3-1)12-18-16-10-11-17-15-9-5-4-8-14(15)16/h1-10H,11H2,(H,18,19);1-11H,12H2,(H,17,18). The van der Waals surface area contributed by atoms with Crippen LogP contribution in [0, 0.1) is 0 Å². The highest BCUT2D eigenvalue weighted by atomic mass is 35.5. The molecule has 6 aromatic rings. The fraction of sp³-hybridized carbons (Fsp3) is 0.0625. The van der Waals surface area contributed by atoms with Crippen molar-refractivity contribution in [1.82, 2.24) is 9.97 Å². The average Bonchev–Trinajstić information content (AvgIpc) is 2.96. The molecule has 0 aliphatic carbocycles. The zero-order chi connectivity index (χ0) is 25.3. The highest BCUT2D eigenvalue weighted by molar-refractivity contribution is 6.31. The average molecular weight is 503 g/mol. The normalized spacial score (nSPS) is 10.5. The number of hydrogen-bond donors (Lipinski definition) is 2. The molecule has 2 heterocycles. The van der Waals surface area contributed by atoms with Gasteiger partial charge in [-0.3, -0.25) is 9.97 Å². The van der Waals surface area contributed by atoms with Crippen LogP contribution in [0.5, 0.6) is 0 Å². The number of hydrogen-bond acceptors (Lipinski definition) is 4. The van der Waals surface area contributed by atoms with Crippen molar-refractivity contribution >= 4 is 44.8 Å². The molecule has 4 nitrogen and oxygen atoms in total. The zero-order valence-corrected chi connectivity index (χ0v) is 21.1. The SMILES string of the molecule is Clc1ccc2c(NCc3ccccc3)ccnc2c1.c1ccc(CNc2ccnc3ccccc23)cc1. The van der Waals surface area contributed by atoms with Gasteiger partial charge in [0.05, 0.1) is 11.0 Å². The van der Waals surface area contributed by atoms with Crippen LogP contribution in [-0.4, -0.2) is 9.97 Å². The predicted octanol–water partition coefficient (Wildman–Crippen LogP) is 8.35. The van der Waals surface area contributed by atoms with E-state index in [0.29, 0.717) is 5.02 Å². The minimum absolute atomic E-state index is 0.709. The Bertz CT molecular complexity index is 1580. The molecule has 37 heavy (non-hydrogen) atoms. The lowest BCUT2D eigenvalue weighted by Gasteiger charge is -2.09. The summed E-state index contributed by atoms with van der Waals surface area (Å²) in [6, 6.07) is 38.6. The molecule has 0 fully saturated rings. The molecule has 0 saturated carbocycles. The van der Waals surface area contributed by atoms with E-state index in [2.05, 4.69) is 63.1 Å². The van der Waals surface area contributed by atoms with E-state index in [1.165, 1.54) is 11.1 Å². The summed E-state index contributed by atoms with van der Waals surface area (Å²) in [4.78, 5) is 8.69.